The summed E-state index contributed by atoms with van der Waals surface area (Å²) in [5, 5.41) is 3.03. The number of nitrogens with zero attached hydrogens (tertiary/aromatic N) is 2. The van der Waals surface area contributed by atoms with Gasteiger partial charge in [0.1, 0.15) is 0 Å². The van der Waals surface area contributed by atoms with Crippen LogP contribution in [0.4, 0.5) is 0 Å². The predicted molar refractivity (Wildman–Crippen MR) is 72.4 cm³/mol. The number of primary amides is 1. The number of piperazine rings is 1. The van der Waals surface area contributed by atoms with E-state index in [4.69, 9.17) is 5.73 Å². The predicted octanol–water partition coefficient (Wildman–Crippen LogP) is -0.855. The number of nitrogens with two attached hydrogens (primary N) is 1. The molecule has 6 nitrogen and oxygen atoms in total. The van der Waals surface area contributed by atoms with Gasteiger partial charge in [0, 0.05) is 32.2 Å². The second-order valence-corrected chi connectivity index (χ2v) is 5.61. The Morgan fingerprint density at radius 2 is 1.53 bits per heavy atom. The molecule has 2 amide bonds. The van der Waals surface area contributed by atoms with Gasteiger partial charge < -0.3 is 11.1 Å². The van der Waals surface area contributed by atoms with Crippen molar-refractivity contribution in [2.75, 3.05) is 26.2 Å². The number of hydrogen-bond acceptors (Lipinski definition) is 4. The summed E-state index contributed by atoms with van der Waals surface area (Å²) in [7, 11) is 0. The number of rotatable bonds is 5. The van der Waals surface area contributed by atoms with E-state index in [9.17, 15) is 9.59 Å². The average molecular weight is 268 g/mol. The van der Waals surface area contributed by atoms with Crippen LogP contribution in [-0.2, 0) is 9.59 Å². The van der Waals surface area contributed by atoms with E-state index in [-0.39, 0.29) is 23.9 Å². The first-order valence-electron chi connectivity index (χ1n) is 7.07. The van der Waals surface area contributed by atoms with Crippen LogP contribution < -0.4 is 11.1 Å². The van der Waals surface area contributed by atoms with Crippen molar-refractivity contribution in [3.05, 3.63) is 0 Å². The smallest absolute Gasteiger partial charge is 0.237 e. The second-order valence-electron chi connectivity index (χ2n) is 5.61. The molecule has 1 heterocycles. The number of hydrogen-bond donors (Lipinski definition) is 2. The maximum absolute atomic E-state index is 12.0. The molecule has 1 aliphatic heterocycles. The molecule has 1 aliphatic carbocycles. The van der Waals surface area contributed by atoms with Crippen molar-refractivity contribution in [1.29, 1.82) is 0 Å². The Hall–Kier alpha value is -1.14. The zero-order valence-corrected chi connectivity index (χ0v) is 11.8. The lowest BCUT2D eigenvalue weighted by atomic mass is 10.1. The van der Waals surface area contributed by atoms with E-state index in [0.717, 1.165) is 39.0 Å². The zero-order chi connectivity index (χ0) is 14.0. The molecule has 0 radical (unpaired) electrons. The third-order valence-electron chi connectivity index (χ3n) is 4.16. The highest BCUT2D eigenvalue weighted by Crippen LogP contribution is 2.19. The third-order valence-corrected chi connectivity index (χ3v) is 4.16. The van der Waals surface area contributed by atoms with Crippen LogP contribution in [0.1, 0.15) is 26.7 Å². The summed E-state index contributed by atoms with van der Waals surface area (Å²) in [6.07, 6.45) is 2.23. The second kappa shape index (κ2) is 5.88. The molecule has 0 spiro atoms. The highest BCUT2D eigenvalue weighted by molar-refractivity contribution is 5.82. The fraction of sp³-hybridized carbons (Fsp3) is 0.846. The van der Waals surface area contributed by atoms with Crippen LogP contribution in [0.5, 0.6) is 0 Å². The lowest BCUT2D eigenvalue weighted by Crippen LogP contribution is -2.57. The van der Waals surface area contributed by atoms with Crippen LogP contribution in [0.15, 0.2) is 0 Å². The summed E-state index contributed by atoms with van der Waals surface area (Å²) in [5.41, 5.74) is 5.31. The minimum atomic E-state index is -0.284. The first kappa shape index (κ1) is 14.3. The monoisotopic (exact) mass is 268 g/mol. The maximum atomic E-state index is 12.0. The number of amides is 2. The minimum absolute atomic E-state index is 0.0911. The van der Waals surface area contributed by atoms with Crippen molar-refractivity contribution in [1.82, 2.24) is 15.1 Å². The molecule has 0 bridgehead atoms. The first-order valence-corrected chi connectivity index (χ1v) is 7.07. The largest absolute Gasteiger partial charge is 0.368 e. The fourth-order valence-corrected chi connectivity index (χ4v) is 2.41. The molecule has 1 saturated heterocycles. The number of nitrogens with one attached hydrogen (secondary N) is 1. The third kappa shape index (κ3) is 3.67. The normalized spacial score (nSPS) is 24.7. The summed E-state index contributed by atoms with van der Waals surface area (Å²) in [6, 6.07) is 0.0931. The van der Waals surface area contributed by atoms with Gasteiger partial charge in [-0.3, -0.25) is 19.4 Å². The van der Waals surface area contributed by atoms with E-state index < -0.39 is 0 Å². The molecule has 2 aliphatic rings. The van der Waals surface area contributed by atoms with Gasteiger partial charge in [0.05, 0.1) is 12.1 Å². The van der Waals surface area contributed by atoms with Crippen LogP contribution in [0, 0.1) is 0 Å². The molecular formula is C13H24N4O2. The van der Waals surface area contributed by atoms with Crippen molar-refractivity contribution in [2.45, 2.75) is 44.8 Å². The summed E-state index contributed by atoms with van der Waals surface area (Å²) < 4.78 is 0. The van der Waals surface area contributed by atoms with Gasteiger partial charge in [-0.05, 0) is 26.7 Å². The van der Waals surface area contributed by atoms with Gasteiger partial charge in [-0.2, -0.15) is 0 Å². The highest BCUT2D eigenvalue weighted by Gasteiger charge is 2.31. The summed E-state index contributed by atoms with van der Waals surface area (Å²) >= 11 is 0. The standard InChI is InChI=1S/C13H24N4O2/c1-9(12(14)18)16-5-7-17(8-6-16)10(2)13(19)15-11-3-4-11/h9-11H,3-8H2,1-2H3,(H2,14,18)(H,15,19). The van der Waals surface area contributed by atoms with Crippen molar-refractivity contribution in [3.8, 4) is 0 Å². The van der Waals surface area contributed by atoms with Gasteiger partial charge >= 0.3 is 0 Å². The molecule has 0 aromatic carbocycles. The van der Waals surface area contributed by atoms with Crippen LogP contribution in [0.2, 0.25) is 0 Å². The van der Waals surface area contributed by atoms with Gasteiger partial charge in [0.2, 0.25) is 11.8 Å². The molecule has 2 fully saturated rings. The van der Waals surface area contributed by atoms with E-state index in [1.165, 1.54) is 0 Å². The Kier molecular flexibility index (Phi) is 4.42. The van der Waals surface area contributed by atoms with Crippen molar-refractivity contribution in [3.63, 3.8) is 0 Å². The van der Waals surface area contributed by atoms with Gasteiger partial charge in [0.15, 0.2) is 0 Å². The van der Waals surface area contributed by atoms with Crippen LogP contribution in [-0.4, -0.2) is 65.9 Å². The van der Waals surface area contributed by atoms with E-state index in [0.29, 0.717) is 6.04 Å². The van der Waals surface area contributed by atoms with Crippen molar-refractivity contribution >= 4 is 11.8 Å². The topological polar surface area (TPSA) is 78.7 Å². The number of carbonyl (C=O) groups is 2. The Morgan fingerprint density at radius 3 is 1.95 bits per heavy atom. The quantitative estimate of drug-likeness (QED) is 0.680. The van der Waals surface area contributed by atoms with Crippen molar-refractivity contribution < 1.29 is 9.59 Å². The molecule has 3 N–H and O–H groups in total. The molecule has 2 unspecified atom stereocenters. The summed E-state index contributed by atoms with van der Waals surface area (Å²) in [4.78, 5) is 27.4. The van der Waals surface area contributed by atoms with Gasteiger partial charge in [-0.1, -0.05) is 0 Å². The van der Waals surface area contributed by atoms with Gasteiger partial charge in [0.25, 0.3) is 0 Å². The Balaban J connectivity index is 1.78. The van der Waals surface area contributed by atoms with Gasteiger partial charge in [-0.25, -0.2) is 0 Å². The lowest BCUT2D eigenvalue weighted by Gasteiger charge is -2.39. The van der Waals surface area contributed by atoms with Crippen molar-refractivity contribution in [2.24, 2.45) is 5.73 Å². The summed E-state index contributed by atoms with van der Waals surface area (Å²) in [6.45, 7) is 6.95. The summed E-state index contributed by atoms with van der Waals surface area (Å²) in [5.74, 6) is -0.160. The molecule has 0 aromatic heterocycles. The molecular weight excluding hydrogens is 244 g/mol. The van der Waals surface area contributed by atoms with E-state index in [1.54, 1.807) is 0 Å². The Bertz CT molecular complexity index is 349. The highest BCUT2D eigenvalue weighted by atomic mass is 16.2. The first-order chi connectivity index (χ1) is 8.99. The molecule has 108 valence electrons. The van der Waals surface area contributed by atoms with E-state index in [1.807, 2.05) is 13.8 Å². The van der Waals surface area contributed by atoms with E-state index in [2.05, 4.69) is 15.1 Å². The molecule has 0 aromatic rings. The molecule has 2 atom stereocenters. The Labute approximate surface area is 114 Å². The van der Waals surface area contributed by atoms with Crippen LogP contribution in [0.25, 0.3) is 0 Å². The van der Waals surface area contributed by atoms with E-state index >= 15 is 0 Å². The molecule has 2 rings (SSSR count). The molecule has 1 saturated carbocycles. The van der Waals surface area contributed by atoms with Crippen LogP contribution >= 0.6 is 0 Å². The minimum Gasteiger partial charge on any atom is -0.368 e. The maximum Gasteiger partial charge on any atom is 0.237 e. The zero-order valence-electron chi connectivity index (χ0n) is 11.8. The SMILES string of the molecule is CC(C(N)=O)N1CCN(C(C)C(=O)NC2CC2)CC1. The fourth-order valence-electron chi connectivity index (χ4n) is 2.41. The van der Waals surface area contributed by atoms with Gasteiger partial charge in [-0.15, -0.1) is 0 Å². The molecule has 19 heavy (non-hydrogen) atoms. The Morgan fingerprint density at radius 1 is 1.05 bits per heavy atom. The lowest BCUT2D eigenvalue weighted by molar-refractivity contribution is -0.128. The average Bonchev–Trinajstić information content (AvgIpc) is 3.21. The molecule has 6 heteroatoms. The van der Waals surface area contributed by atoms with Crippen LogP contribution in [0.3, 0.4) is 0 Å². The number of carbonyl (C=O) groups excluding carboxylic acids is 2.